The van der Waals surface area contributed by atoms with Gasteiger partial charge in [0.05, 0.1) is 11.2 Å². The molecule has 3 aromatic heterocycles. The van der Waals surface area contributed by atoms with Gasteiger partial charge in [0.15, 0.2) is 6.61 Å². The fourth-order valence-electron chi connectivity index (χ4n) is 2.70. The number of alkyl halides is 2. The number of halogens is 3. The summed E-state index contributed by atoms with van der Waals surface area (Å²) in [5.41, 5.74) is 1.14. The van der Waals surface area contributed by atoms with E-state index in [2.05, 4.69) is 15.2 Å². The van der Waals surface area contributed by atoms with Crippen LogP contribution in [0, 0.1) is 0 Å². The summed E-state index contributed by atoms with van der Waals surface area (Å²) in [5, 5.41) is 9.23. The van der Waals surface area contributed by atoms with Crippen LogP contribution in [-0.4, -0.2) is 37.6 Å². The maximum absolute atomic E-state index is 12.6. The highest BCUT2D eigenvalue weighted by Crippen LogP contribution is 2.22. The number of nitrogens with zero attached hydrogens (tertiary/aromatic N) is 5. The predicted octanol–water partition coefficient (Wildman–Crippen LogP) is 2.96. The number of hydrogen-bond acceptors (Lipinski definition) is 5. The summed E-state index contributed by atoms with van der Waals surface area (Å²) >= 11 is 6.18. The van der Waals surface area contributed by atoms with Gasteiger partial charge in [0.25, 0.3) is 12.0 Å². The maximum atomic E-state index is 12.6. The second-order valence-electron chi connectivity index (χ2n) is 5.80. The van der Waals surface area contributed by atoms with Gasteiger partial charge in [-0.05, 0) is 24.3 Å². The highest BCUT2D eigenvalue weighted by molar-refractivity contribution is 6.34. The third-order valence-electron chi connectivity index (χ3n) is 3.85. The molecule has 3 heterocycles. The van der Waals surface area contributed by atoms with E-state index < -0.39 is 18.6 Å². The standard InChI is InChI=1S/C17H12ClF2N5O2/c1-24-7-9-6-10(2-3-11(9)22-24)25-17(26)15(18)16-12(23-25)4-5-14(21-16)27-8-13(19)20/h2-7,13H,8H2,1H3. The Kier molecular flexibility index (Phi) is 4.23. The van der Waals surface area contributed by atoms with Crippen LogP contribution in [0.4, 0.5) is 8.78 Å². The first-order valence-corrected chi connectivity index (χ1v) is 8.24. The van der Waals surface area contributed by atoms with Crippen LogP contribution in [0.2, 0.25) is 5.02 Å². The molecule has 0 atom stereocenters. The number of fused-ring (bicyclic) bond motifs is 2. The van der Waals surface area contributed by atoms with E-state index in [4.69, 9.17) is 16.3 Å². The van der Waals surface area contributed by atoms with Crippen molar-refractivity contribution in [3.63, 3.8) is 0 Å². The monoisotopic (exact) mass is 391 g/mol. The van der Waals surface area contributed by atoms with Crippen molar-refractivity contribution in [2.75, 3.05) is 6.61 Å². The van der Waals surface area contributed by atoms with Crippen molar-refractivity contribution < 1.29 is 13.5 Å². The zero-order valence-electron chi connectivity index (χ0n) is 13.9. The van der Waals surface area contributed by atoms with Crippen molar-refractivity contribution in [1.82, 2.24) is 24.5 Å². The number of aryl methyl sites for hydroxylation is 1. The molecule has 0 bridgehead atoms. The van der Waals surface area contributed by atoms with E-state index in [1.54, 1.807) is 29.9 Å². The van der Waals surface area contributed by atoms with Gasteiger partial charge in [-0.2, -0.15) is 14.9 Å². The zero-order valence-corrected chi connectivity index (χ0v) is 14.7. The van der Waals surface area contributed by atoms with Crippen molar-refractivity contribution in [2.24, 2.45) is 7.05 Å². The Balaban J connectivity index is 1.82. The van der Waals surface area contributed by atoms with Crippen molar-refractivity contribution in [1.29, 1.82) is 0 Å². The van der Waals surface area contributed by atoms with E-state index >= 15 is 0 Å². The minimum Gasteiger partial charge on any atom is -0.472 e. The third kappa shape index (κ3) is 3.21. The Bertz CT molecular complexity index is 1220. The second kappa shape index (κ2) is 6.58. The van der Waals surface area contributed by atoms with Crippen molar-refractivity contribution in [3.8, 4) is 11.6 Å². The third-order valence-corrected chi connectivity index (χ3v) is 4.19. The molecule has 138 valence electrons. The Morgan fingerprint density at radius 1 is 1.19 bits per heavy atom. The zero-order chi connectivity index (χ0) is 19.1. The summed E-state index contributed by atoms with van der Waals surface area (Å²) in [5.74, 6) is -0.0552. The topological polar surface area (TPSA) is 74.8 Å². The Labute approximate surface area is 155 Å². The molecule has 4 aromatic rings. The molecule has 0 radical (unpaired) electrons. The molecule has 0 saturated heterocycles. The molecule has 1 aromatic carbocycles. The van der Waals surface area contributed by atoms with Crippen molar-refractivity contribution in [2.45, 2.75) is 6.43 Å². The lowest BCUT2D eigenvalue weighted by molar-refractivity contribution is 0.0798. The first-order valence-electron chi connectivity index (χ1n) is 7.87. The second-order valence-corrected chi connectivity index (χ2v) is 6.17. The summed E-state index contributed by atoms with van der Waals surface area (Å²) in [6.07, 6.45) is -0.813. The molecule has 0 unspecified atom stereocenters. The molecule has 0 amide bonds. The molecule has 0 spiro atoms. The molecule has 27 heavy (non-hydrogen) atoms. The van der Waals surface area contributed by atoms with Crippen LogP contribution in [0.1, 0.15) is 0 Å². The first kappa shape index (κ1) is 17.3. The van der Waals surface area contributed by atoms with Crippen LogP contribution < -0.4 is 10.3 Å². The molecular formula is C17H12ClF2N5O2. The number of rotatable bonds is 4. The summed E-state index contributed by atoms with van der Waals surface area (Å²) in [7, 11) is 1.80. The largest absolute Gasteiger partial charge is 0.472 e. The van der Waals surface area contributed by atoms with Gasteiger partial charge < -0.3 is 4.74 Å². The average Bonchev–Trinajstić information content (AvgIpc) is 3.02. The van der Waals surface area contributed by atoms with Gasteiger partial charge in [0.1, 0.15) is 16.1 Å². The van der Waals surface area contributed by atoms with Crippen LogP contribution in [0.15, 0.2) is 41.3 Å². The predicted molar refractivity (Wildman–Crippen MR) is 95.9 cm³/mol. The van der Waals surface area contributed by atoms with Crippen LogP contribution in [0.5, 0.6) is 5.88 Å². The Hall–Kier alpha value is -3.07. The molecule has 0 fully saturated rings. The van der Waals surface area contributed by atoms with Crippen LogP contribution in [-0.2, 0) is 7.05 Å². The van der Waals surface area contributed by atoms with Gasteiger partial charge in [0, 0.05) is 24.7 Å². The first-order chi connectivity index (χ1) is 12.9. The van der Waals surface area contributed by atoms with E-state index in [1.165, 1.54) is 16.8 Å². The number of hydrogen-bond donors (Lipinski definition) is 0. The van der Waals surface area contributed by atoms with Gasteiger partial charge in [-0.1, -0.05) is 11.6 Å². The molecular weight excluding hydrogens is 380 g/mol. The van der Waals surface area contributed by atoms with Crippen LogP contribution in [0.3, 0.4) is 0 Å². The highest BCUT2D eigenvalue weighted by atomic mass is 35.5. The molecule has 7 nitrogen and oxygen atoms in total. The normalized spacial score (nSPS) is 11.6. The lowest BCUT2D eigenvalue weighted by Crippen LogP contribution is -2.22. The molecule has 0 N–H and O–H groups in total. The van der Waals surface area contributed by atoms with Gasteiger partial charge in [-0.3, -0.25) is 9.48 Å². The lowest BCUT2D eigenvalue weighted by atomic mass is 10.2. The Morgan fingerprint density at radius 2 is 1.96 bits per heavy atom. The minimum absolute atomic E-state index is 0.0552. The van der Waals surface area contributed by atoms with Gasteiger partial charge in [-0.25, -0.2) is 13.8 Å². The quantitative estimate of drug-likeness (QED) is 0.534. The van der Waals surface area contributed by atoms with E-state index in [0.29, 0.717) is 11.2 Å². The maximum Gasteiger partial charge on any atom is 0.292 e. The summed E-state index contributed by atoms with van der Waals surface area (Å²) in [4.78, 5) is 16.7. The molecule has 10 heteroatoms. The van der Waals surface area contributed by atoms with Gasteiger partial charge >= 0.3 is 0 Å². The number of aromatic nitrogens is 5. The fraction of sp³-hybridized carbons (Fsp3) is 0.176. The van der Waals surface area contributed by atoms with Crippen LogP contribution in [0.25, 0.3) is 27.6 Å². The molecule has 0 aliphatic carbocycles. The molecule has 0 aliphatic rings. The summed E-state index contributed by atoms with van der Waals surface area (Å²) in [6.45, 7) is -0.800. The van der Waals surface area contributed by atoms with Gasteiger partial charge in [-0.15, -0.1) is 0 Å². The lowest BCUT2D eigenvalue weighted by Gasteiger charge is -2.09. The van der Waals surface area contributed by atoms with Gasteiger partial charge in [0.2, 0.25) is 5.88 Å². The number of pyridine rings is 1. The van der Waals surface area contributed by atoms with E-state index in [-0.39, 0.29) is 16.4 Å². The Morgan fingerprint density at radius 3 is 2.74 bits per heavy atom. The van der Waals surface area contributed by atoms with E-state index in [0.717, 1.165) is 10.9 Å². The van der Waals surface area contributed by atoms with Crippen LogP contribution >= 0.6 is 11.6 Å². The molecule has 0 aliphatic heterocycles. The number of ether oxygens (including phenoxy) is 1. The van der Waals surface area contributed by atoms with Crippen molar-refractivity contribution >= 4 is 33.5 Å². The minimum atomic E-state index is -2.63. The van der Waals surface area contributed by atoms with E-state index in [1.807, 2.05) is 6.20 Å². The molecule has 4 rings (SSSR count). The summed E-state index contributed by atoms with van der Waals surface area (Å²) in [6, 6.07) is 8.16. The SMILES string of the molecule is Cn1cc2cc(-n3nc4ccc(OCC(F)F)nc4c(Cl)c3=O)ccc2n1. The fourth-order valence-corrected chi connectivity index (χ4v) is 2.91. The van der Waals surface area contributed by atoms with Crippen molar-refractivity contribution in [3.05, 3.63) is 51.9 Å². The summed E-state index contributed by atoms with van der Waals surface area (Å²) < 4.78 is 32.3. The number of benzene rings is 1. The van der Waals surface area contributed by atoms with E-state index in [9.17, 15) is 13.6 Å². The highest BCUT2D eigenvalue weighted by Gasteiger charge is 2.15. The molecule has 0 saturated carbocycles. The average molecular weight is 392 g/mol. The smallest absolute Gasteiger partial charge is 0.292 e.